The van der Waals surface area contributed by atoms with Gasteiger partial charge in [-0.25, -0.2) is 0 Å². The molecule has 0 aliphatic carbocycles. The lowest BCUT2D eigenvalue weighted by Crippen LogP contribution is -2.19. The zero-order valence-electron chi connectivity index (χ0n) is 10.0. The Bertz CT molecular complexity index is 328. The minimum atomic E-state index is 0.0379. The SMILES string of the molecule is COc1ccc(OC)c(COC(C)CN)c1. The summed E-state index contributed by atoms with van der Waals surface area (Å²) < 4.78 is 16.0. The summed E-state index contributed by atoms with van der Waals surface area (Å²) in [4.78, 5) is 0. The average Bonchev–Trinajstić information content (AvgIpc) is 2.35. The number of nitrogens with two attached hydrogens (primary N) is 1. The first-order valence-corrected chi connectivity index (χ1v) is 5.23. The van der Waals surface area contributed by atoms with Crippen molar-refractivity contribution in [2.24, 2.45) is 5.73 Å². The van der Waals surface area contributed by atoms with E-state index >= 15 is 0 Å². The third-order valence-corrected chi connectivity index (χ3v) is 2.34. The summed E-state index contributed by atoms with van der Waals surface area (Å²) in [6, 6.07) is 5.63. The van der Waals surface area contributed by atoms with Gasteiger partial charge in [-0.2, -0.15) is 0 Å². The van der Waals surface area contributed by atoms with Crippen molar-refractivity contribution in [1.29, 1.82) is 0 Å². The lowest BCUT2D eigenvalue weighted by atomic mass is 10.2. The molecule has 0 bridgehead atoms. The Labute approximate surface area is 96.3 Å². The Morgan fingerprint density at radius 2 is 2.00 bits per heavy atom. The number of methoxy groups -OCH3 is 2. The van der Waals surface area contributed by atoms with Crippen LogP contribution in [0.25, 0.3) is 0 Å². The van der Waals surface area contributed by atoms with Gasteiger partial charge in [-0.05, 0) is 25.1 Å². The fourth-order valence-electron chi connectivity index (χ4n) is 1.29. The van der Waals surface area contributed by atoms with Crippen molar-refractivity contribution in [3.63, 3.8) is 0 Å². The first kappa shape index (κ1) is 12.8. The number of benzene rings is 1. The van der Waals surface area contributed by atoms with Crippen molar-refractivity contribution in [3.05, 3.63) is 23.8 Å². The number of hydrogen-bond acceptors (Lipinski definition) is 4. The molecule has 1 rings (SSSR count). The third-order valence-electron chi connectivity index (χ3n) is 2.34. The molecule has 4 nitrogen and oxygen atoms in total. The molecule has 1 aromatic carbocycles. The van der Waals surface area contributed by atoms with Gasteiger partial charge in [0.25, 0.3) is 0 Å². The molecule has 1 atom stereocenters. The average molecular weight is 225 g/mol. The summed E-state index contributed by atoms with van der Waals surface area (Å²) in [6.45, 7) is 2.91. The van der Waals surface area contributed by atoms with Crippen LogP contribution in [0.3, 0.4) is 0 Å². The molecular weight excluding hydrogens is 206 g/mol. The molecule has 1 unspecified atom stereocenters. The molecule has 0 aromatic heterocycles. The minimum absolute atomic E-state index is 0.0379. The molecule has 0 heterocycles. The van der Waals surface area contributed by atoms with Crippen LogP contribution in [-0.2, 0) is 11.3 Å². The van der Waals surface area contributed by atoms with Crippen LogP contribution in [-0.4, -0.2) is 26.9 Å². The fraction of sp³-hybridized carbons (Fsp3) is 0.500. The van der Waals surface area contributed by atoms with Gasteiger partial charge in [-0.3, -0.25) is 0 Å². The second-order valence-corrected chi connectivity index (χ2v) is 3.54. The standard InChI is InChI=1S/C12H19NO3/c1-9(7-13)16-8-10-6-11(14-2)4-5-12(10)15-3/h4-6,9H,7-8,13H2,1-3H3. The lowest BCUT2D eigenvalue weighted by Gasteiger charge is -2.13. The quantitative estimate of drug-likeness (QED) is 0.798. The molecule has 2 N–H and O–H groups in total. The molecule has 0 saturated carbocycles. The molecule has 0 aliphatic rings. The van der Waals surface area contributed by atoms with Gasteiger partial charge in [0, 0.05) is 12.1 Å². The second-order valence-electron chi connectivity index (χ2n) is 3.54. The fourth-order valence-corrected chi connectivity index (χ4v) is 1.29. The van der Waals surface area contributed by atoms with E-state index in [2.05, 4.69) is 0 Å². The minimum Gasteiger partial charge on any atom is -0.497 e. The Kier molecular flexibility index (Phi) is 5.08. The van der Waals surface area contributed by atoms with Gasteiger partial charge in [0.2, 0.25) is 0 Å². The van der Waals surface area contributed by atoms with E-state index in [1.165, 1.54) is 0 Å². The van der Waals surface area contributed by atoms with E-state index in [9.17, 15) is 0 Å². The Morgan fingerprint density at radius 1 is 1.25 bits per heavy atom. The maximum Gasteiger partial charge on any atom is 0.124 e. The molecule has 0 amide bonds. The maximum atomic E-state index is 5.56. The van der Waals surface area contributed by atoms with E-state index in [-0.39, 0.29) is 6.10 Å². The van der Waals surface area contributed by atoms with Gasteiger partial charge in [0.15, 0.2) is 0 Å². The van der Waals surface area contributed by atoms with Crippen LogP contribution in [0.4, 0.5) is 0 Å². The van der Waals surface area contributed by atoms with Crippen LogP contribution in [0.1, 0.15) is 12.5 Å². The highest BCUT2D eigenvalue weighted by atomic mass is 16.5. The maximum absolute atomic E-state index is 5.56. The summed E-state index contributed by atoms with van der Waals surface area (Å²) in [6.07, 6.45) is 0.0379. The lowest BCUT2D eigenvalue weighted by molar-refractivity contribution is 0.0577. The van der Waals surface area contributed by atoms with Crippen LogP contribution < -0.4 is 15.2 Å². The summed E-state index contributed by atoms with van der Waals surface area (Å²) in [7, 11) is 3.27. The molecule has 0 spiro atoms. The Morgan fingerprint density at radius 3 is 2.56 bits per heavy atom. The van der Waals surface area contributed by atoms with Crippen molar-refractivity contribution in [1.82, 2.24) is 0 Å². The Hall–Kier alpha value is -1.26. The van der Waals surface area contributed by atoms with Gasteiger partial charge in [-0.1, -0.05) is 0 Å². The summed E-state index contributed by atoms with van der Waals surface area (Å²) in [5.41, 5.74) is 6.44. The van der Waals surface area contributed by atoms with Crippen molar-refractivity contribution in [2.45, 2.75) is 19.6 Å². The summed E-state index contributed by atoms with van der Waals surface area (Å²) in [5, 5.41) is 0. The third kappa shape index (κ3) is 3.40. The molecular formula is C12H19NO3. The van der Waals surface area contributed by atoms with Crippen LogP contribution >= 0.6 is 0 Å². The van der Waals surface area contributed by atoms with Gasteiger partial charge in [0.1, 0.15) is 11.5 Å². The zero-order valence-corrected chi connectivity index (χ0v) is 10.0. The van der Waals surface area contributed by atoms with Crippen LogP contribution in [0.5, 0.6) is 11.5 Å². The monoisotopic (exact) mass is 225 g/mol. The summed E-state index contributed by atoms with van der Waals surface area (Å²) >= 11 is 0. The van der Waals surface area contributed by atoms with E-state index in [1.54, 1.807) is 14.2 Å². The first-order chi connectivity index (χ1) is 7.71. The smallest absolute Gasteiger partial charge is 0.124 e. The number of hydrogen-bond donors (Lipinski definition) is 1. The van der Waals surface area contributed by atoms with E-state index < -0.39 is 0 Å². The van der Waals surface area contributed by atoms with Crippen molar-refractivity contribution in [2.75, 3.05) is 20.8 Å². The van der Waals surface area contributed by atoms with Crippen molar-refractivity contribution < 1.29 is 14.2 Å². The number of rotatable bonds is 6. The zero-order chi connectivity index (χ0) is 12.0. The predicted molar refractivity (Wildman–Crippen MR) is 62.9 cm³/mol. The molecule has 0 radical (unpaired) electrons. The van der Waals surface area contributed by atoms with E-state index in [1.807, 2.05) is 25.1 Å². The number of ether oxygens (including phenoxy) is 3. The topological polar surface area (TPSA) is 53.7 Å². The highest BCUT2D eigenvalue weighted by molar-refractivity contribution is 5.39. The largest absolute Gasteiger partial charge is 0.497 e. The highest BCUT2D eigenvalue weighted by Gasteiger charge is 2.07. The van der Waals surface area contributed by atoms with E-state index in [0.29, 0.717) is 13.2 Å². The molecule has 0 fully saturated rings. The highest BCUT2D eigenvalue weighted by Crippen LogP contribution is 2.24. The Balaban J connectivity index is 2.75. The van der Waals surface area contributed by atoms with Crippen molar-refractivity contribution >= 4 is 0 Å². The second kappa shape index (κ2) is 6.35. The van der Waals surface area contributed by atoms with E-state index in [0.717, 1.165) is 17.1 Å². The van der Waals surface area contributed by atoms with E-state index in [4.69, 9.17) is 19.9 Å². The molecule has 90 valence electrons. The van der Waals surface area contributed by atoms with Gasteiger partial charge in [-0.15, -0.1) is 0 Å². The van der Waals surface area contributed by atoms with Gasteiger partial charge >= 0.3 is 0 Å². The van der Waals surface area contributed by atoms with Crippen LogP contribution in [0.15, 0.2) is 18.2 Å². The molecule has 0 saturated heterocycles. The van der Waals surface area contributed by atoms with Gasteiger partial charge in [0.05, 0.1) is 26.9 Å². The first-order valence-electron chi connectivity index (χ1n) is 5.23. The van der Waals surface area contributed by atoms with Crippen molar-refractivity contribution in [3.8, 4) is 11.5 Å². The summed E-state index contributed by atoms with van der Waals surface area (Å²) in [5.74, 6) is 1.59. The van der Waals surface area contributed by atoms with Gasteiger partial charge < -0.3 is 19.9 Å². The van der Waals surface area contributed by atoms with Crippen LogP contribution in [0, 0.1) is 0 Å². The normalized spacial score (nSPS) is 12.2. The predicted octanol–water partition coefficient (Wildman–Crippen LogP) is 1.57. The van der Waals surface area contributed by atoms with Crippen LogP contribution in [0.2, 0.25) is 0 Å². The molecule has 0 aliphatic heterocycles. The molecule has 4 heteroatoms. The molecule has 16 heavy (non-hydrogen) atoms. The molecule has 1 aromatic rings.